The zero-order chi connectivity index (χ0) is 25.6. The average Bonchev–Trinajstić information content (AvgIpc) is 3.33. The zero-order valence-electron chi connectivity index (χ0n) is 21.7. The molecular weight excluding hydrogens is 484 g/mol. The van der Waals surface area contributed by atoms with Crippen molar-refractivity contribution in [2.75, 3.05) is 44.6 Å². The molecule has 1 atom stereocenters. The van der Waals surface area contributed by atoms with Gasteiger partial charge < -0.3 is 20.2 Å². The van der Waals surface area contributed by atoms with Gasteiger partial charge >= 0.3 is 0 Å². The van der Waals surface area contributed by atoms with Crippen molar-refractivity contribution in [1.29, 1.82) is 0 Å². The molecule has 0 bridgehead atoms. The molecule has 7 nitrogen and oxygen atoms in total. The van der Waals surface area contributed by atoms with Gasteiger partial charge in [-0.3, -0.25) is 14.5 Å². The summed E-state index contributed by atoms with van der Waals surface area (Å²) in [5.74, 6) is 0.183. The van der Waals surface area contributed by atoms with Crippen molar-refractivity contribution in [3.63, 3.8) is 0 Å². The van der Waals surface area contributed by atoms with E-state index in [1.165, 1.54) is 22.4 Å². The Morgan fingerprint density at radius 3 is 2.73 bits per heavy atom. The highest BCUT2D eigenvalue weighted by Crippen LogP contribution is 2.48. The number of hydrogen-bond acceptors (Lipinski definition) is 6. The maximum atomic E-state index is 13.7. The summed E-state index contributed by atoms with van der Waals surface area (Å²) in [6, 6.07) is 8.83. The second kappa shape index (κ2) is 10.0. The first kappa shape index (κ1) is 24.9. The highest BCUT2D eigenvalue weighted by atomic mass is 32.1. The molecule has 4 aliphatic rings. The number of hydrogen-bond donors (Lipinski definition) is 2. The predicted octanol–water partition coefficient (Wildman–Crippen LogP) is 3.47. The first-order chi connectivity index (χ1) is 17.9. The summed E-state index contributed by atoms with van der Waals surface area (Å²) in [7, 11) is 0. The minimum Gasteiger partial charge on any atom is -0.390 e. The number of likely N-dealkylation sites (tertiary alicyclic amines) is 1. The molecule has 2 N–H and O–H groups in total. The Morgan fingerprint density at radius 1 is 1.19 bits per heavy atom. The van der Waals surface area contributed by atoms with Gasteiger partial charge in [-0.05, 0) is 66.8 Å². The first-order valence-electron chi connectivity index (χ1n) is 13.8. The second-order valence-corrected chi connectivity index (χ2v) is 12.5. The fourth-order valence-corrected chi connectivity index (χ4v) is 7.68. The van der Waals surface area contributed by atoms with E-state index in [9.17, 15) is 14.7 Å². The van der Waals surface area contributed by atoms with Crippen molar-refractivity contribution in [2.24, 2.45) is 0 Å². The standard InChI is InChI=1S/C29H38N4O3S/c1-20(34)32-12-5-22(6-13-32)30-23-3-4-26-25(15-23)28(36)33(19-29(26)9-2-10-29)18-24(35)17-31-11-7-27-21(16-31)8-14-37-27/h3-4,8,14-15,22,24,30,35H,2,5-7,9-13,16-19H2,1H3. The molecule has 1 saturated heterocycles. The zero-order valence-corrected chi connectivity index (χ0v) is 22.6. The number of fused-ring (bicyclic) bond motifs is 3. The fourth-order valence-electron chi connectivity index (χ4n) is 6.79. The molecule has 6 rings (SSSR count). The Morgan fingerprint density at radius 2 is 2.00 bits per heavy atom. The lowest BCUT2D eigenvalue weighted by Gasteiger charge is -2.50. The van der Waals surface area contributed by atoms with E-state index in [2.05, 4.69) is 33.8 Å². The lowest BCUT2D eigenvalue weighted by atomic mass is 9.61. The first-order valence-corrected chi connectivity index (χ1v) is 14.7. The summed E-state index contributed by atoms with van der Waals surface area (Å²) in [5.41, 5.74) is 4.38. The summed E-state index contributed by atoms with van der Waals surface area (Å²) < 4.78 is 0. The van der Waals surface area contributed by atoms with Gasteiger partial charge in [0.2, 0.25) is 5.91 Å². The van der Waals surface area contributed by atoms with Crippen molar-refractivity contribution in [1.82, 2.24) is 14.7 Å². The van der Waals surface area contributed by atoms with Gasteiger partial charge in [-0.1, -0.05) is 12.5 Å². The number of benzene rings is 1. The van der Waals surface area contributed by atoms with Crippen LogP contribution in [-0.4, -0.2) is 83.0 Å². The molecule has 4 heterocycles. The molecule has 3 aliphatic heterocycles. The third-order valence-electron chi connectivity index (χ3n) is 9.01. The van der Waals surface area contributed by atoms with Crippen LogP contribution in [0.15, 0.2) is 29.6 Å². The molecule has 2 amide bonds. The van der Waals surface area contributed by atoms with E-state index in [0.717, 1.165) is 69.5 Å². The smallest absolute Gasteiger partial charge is 0.254 e. The number of carbonyl (C=O) groups excluding carboxylic acids is 2. The molecule has 1 aliphatic carbocycles. The molecule has 37 heavy (non-hydrogen) atoms. The van der Waals surface area contributed by atoms with Gasteiger partial charge in [0.05, 0.1) is 6.10 Å². The second-order valence-electron chi connectivity index (χ2n) is 11.5. The van der Waals surface area contributed by atoms with Crippen LogP contribution in [0.25, 0.3) is 0 Å². The Labute approximate surface area is 223 Å². The number of amides is 2. The van der Waals surface area contributed by atoms with Crippen molar-refractivity contribution < 1.29 is 14.7 Å². The lowest BCUT2D eigenvalue weighted by Crippen LogP contribution is -2.55. The molecule has 1 spiro atoms. The molecule has 2 fully saturated rings. The van der Waals surface area contributed by atoms with E-state index in [-0.39, 0.29) is 17.2 Å². The third kappa shape index (κ3) is 4.91. The van der Waals surface area contributed by atoms with E-state index >= 15 is 0 Å². The van der Waals surface area contributed by atoms with Crippen LogP contribution in [0.4, 0.5) is 5.69 Å². The number of aliphatic hydroxyl groups excluding tert-OH is 1. The number of nitrogens with one attached hydrogen (secondary N) is 1. The van der Waals surface area contributed by atoms with Gasteiger partial charge in [0.15, 0.2) is 0 Å². The maximum Gasteiger partial charge on any atom is 0.254 e. The number of carbonyl (C=O) groups is 2. The number of β-amino-alcohol motifs (C(OH)–C–C–N with tert-alkyl or cyclic N) is 1. The summed E-state index contributed by atoms with van der Waals surface area (Å²) in [5, 5.41) is 16.8. The van der Waals surface area contributed by atoms with Crippen LogP contribution < -0.4 is 5.32 Å². The minimum atomic E-state index is -0.560. The Bertz CT molecular complexity index is 1170. The molecule has 8 heteroatoms. The third-order valence-corrected chi connectivity index (χ3v) is 10.0. The summed E-state index contributed by atoms with van der Waals surface area (Å²) >= 11 is 1.83. The number of nitrogens with zero attached hydrogens (tertiary/aromatic N) is 3. The van der Waals surface area contributed by atoms with Gasteiger partial charge in [-0.25, -0.2) is 0 Å². The number of aliphatic hydroxyl groups is 1. The van der Waals surface area contributed by atoms with Gasteiger partial charge in [-0.2, -0.15) is 0 Å². The number of rotatable bonds is 6. The van der Waals surface area contributed by atoms with Crippen LogP contribution in [0.3, 0.4) is 0 Å². The lowest BCUT2D eigenvalue weighted by molar-refractivity contribution is -0.129. The molecule has 1 saturated carbocycles. The maximum absolute atomic E-state index is 13.7. The van der Waals surface area contributed by atoms with Gasteiger partial charge in [0.25, 0.3) is 5.91 Å². The highest BCUT2D eigenvalue weighted by Gasteiger charge is 2.47. The van der Waals surface area contributed by atoms with Crippen molar-refractivity contribution >= 4 is 28.8 Å². The SMILES string of the molecule is CC(=O)N1CCC(Nc2ccc3c(c2)C(=O)N(CC(O)CN2CCc4sccc4C2)CC32CCC2)CC1. The molecular formula is C29H38N4O3S. The predicted molar refractivity (Wildman–Crippen MR) is 146 cm³/mol. The number of thiophene rings is 1. The molecule has 1 aromatic heterocycles. The van der Waals surface area contributed by atoms with Crippen molar-refractivity contribution in [3.05, 3.63) is 51.2 Å². The average molecular weight is 523 g/mol. The van der Waals surface area contributed by atoms with Crippen molar-refractivity contribution in [3.8, 4) is 0 Å². The quantitative estimate of drug-likeness (QED) is 0.608. The van der Waals surface area contributed by atoms with Crippen LogP contribution in [0, 0.1) is 0 Å². The van der Waals surface area contributed by atoms with E-state index in [1.807, 2.05) is 27.2 Å². The number of piperidine rings is 1. The topological polar surface area (TPSA) is 76.1 Å². The molecule has 0 radical (unpaired) electrons. The molecule has 1 aromatic carbocycles. The van der Waals surface area contributed by atoms with Crippen LogP contribution in [-0.2, 0) is 23.2 Å². The van der Waals surface area contributed by atoms with Gasteiger partial charge in [0, 0.05) is 80.3 Å². The minimum absolute atomic E-state index is 0.0328. The van der Waals surface area contributed by atoms with Crippen molar-refractivity contribution in [2.45, 2.75) is 69.6 Å². The fraction of sp³-hybridized carbons (Fsp3) is 0.586. The van der Waals surface area contributed by atoms with E-state index in [1.54, 1.807) is 6.92 Å². The van der Waals surface area contributed by atoms with Crippen LogP contribution >= 0.6 is 11.3 Å². The Balaban J connectivity index is 1.13. The Kier molecular flexibility index (Phi) is 6.75. The van der Waals surface area contributed by atoms with Crippen LogP contribution in [0.5, 0.6) is 0 Å². The van der Waals surface area contributed by atoms with Gasteiger partial charge in [-0.15, -0.1) is 11.3 Å². The summed E-state index contributed by atoms with van der Waals surface area (Å²) in [6.07, 6.45) is 5.70. The molecule has 2 aromatic rings. The van der Waals surface area contributed by atoms with E-state index in [4.69, 9.17) is 0 Å². The van der Waals surface area contributed by atoms with Crippen LogP contribution in [0.2, 0.25) is 0 Å². The summed E-state index contributed by atoms with van der Waals surface area (Å²) in [6.45, 7) is 6.72. The van der Waals surface area contributed by atoms with Crippen LogP contribution in [0.1, 0.15) is 65.4 Å². The Hall–Kier alpha value is -2.42. The van der Waals surface area contributed by atoms with Gasteiger partial charge in [0.1, 0.15) is 0 Å². The molecule has 198 valence electrons. The summed E-state index contributed by atoms with van der Waals surface area (Å²) in [4.78, 5) is 33.0. The normalized spacial score (nSPS) is 22.4. The van der Waals surface area contributed by atoms with E-state index < -0.39 is 6.10 Å². The number of anilines is 1. The highest BCUT2D eigenvalue weighted by molar-refractivity contribution is 7.10. The largest absolute Gasteiger partial charge is 0.390 e. The molecule has 1 unspecified atom stereocenters. The monoisotopic (exact) mass is 522 g/mol. The van der Waals surface area contributed by atoms with E-state index in [0.29, 0.717) is 25.7 Å².